The topological polar surface area (TPSA) is 45.8 Å². The Labute approximate surface area is 98.3 Å². The van der Waals surface area contributed by atoms with E-state index in [4.69, 9.17) is 0 Å². The summed E-state index contributed by atoms with van der Waals surface area (Å²) in [5.74, 6) is 0.283. The van der Waals surface area contributed by atoms with Crippen LogP contribution >= 0.6 is 0 Å². The zero-order chi connectivity index (χ0) is 12.4. The van der Waals surface area contributed by atoms with E-state index in [1.807, 2.05) is 13.8 Å². The Morgan fingerprint density at radius 1 is 1.29 bits per heavy atom. The number of H-pyrrole nitrogens is 1. The van der Waals surface area contributed by atoms with Crippen LogP contribution in [0.1, 0.15) is 25.6 Å². The normalized spacial score (nSPS) is 10.8. The summed E-state index contributed by atoms with van der Waals surface area (Å²) in [4.78, 5) is 18.4. The Hall–Kier alpha value is -1.97. The number of hydrogen-bond donors (Lipinski definition) is 1. The molecule has 0 atom stereocenters. The van der Waals surface area contributed by atoms with Gasteiger partial charge in [0.25, 0.3) is 5.56 Å². The van der Waals surface area contributed by atoms with E-state index in [1.165, 1.54) is 12.1 Å². The van der Waals surface area contributed by atoms with Gasteiger partial charge in [0.1, 0.15) is 11.6 Å². The van der Waals surface area contributed by atoms with Gasteiger partial charge in [0.15, 0.2) is 0 Å². The molecule has 2 aromatic rings. The van der Waals surface area contributed by atoms with Gasteiger partial charge < -0.3 is 4.98 Å². The van der Waals surface area contributed by atoms with Crippen LogP contribution in [-0.2, 0) is 0 Å². The molecule has 0 spiro atoms. The molecule has 0 saturated heterocycles. The minimum Gasteiger partial charge on any atom is -0.310 e. The van der Waals surface area contributed by atoms with Crippen LogP contribution in [0.25, 0.3) is 11.3 Å². The maximum absolute atomic E-state index is 13.6. The average Bonchev–Trinajstić information content (AvgIpc) is 2.28. The summed E-state index contributed by atoms with van der Waals surface area (Å²) in [6, 6.07) is 7.60. The molecular formula is C13H13FN2O. The van der Waals surface area contributed by atoms with Gasteiger partial charge in [-0.1, -0.05) is 26.0 Å². The molecule has 0 saturated carbocycles. The lowest BCUT2D eigenvalue weighted by Gasteiger charge is -2.07. The second kappa shape index (κ2) is 4.49. The van der Waals surface area contributed by atoms with Crippen molar-refractivity contribution in [3.05, 3.63) is 52.3 Å². The Kier molecular flexibility index (Phi) is 3.04. The van der Waals surface area contributed by atoms with Crippen molar-refractivity contribution in [2.45, 2.75) is 19.8 Å². The van der Waals surface area contributed by atoms with Crippen molar-refractivity contribution in [2.24, 2.45) is 0 Å². The zero-order valence-corrected chi connectivity index (χ0v) is 9.70. The van der Waals surface area contributed by atoms with E-state index in [1.54, 1.807) is 18.2 Å². The van der Waals surface area contributed by atoms with E-state index in [2.05, 4.69) is 9.97 Å². The number of hydrogen-bond acceptors (Lipinski definition) is 2. The molecule has 0 bridgehead atoms. The van der Waals surface area contributed by atoms with Gasteiger partial charge >= 0.3 is 0 Å². The van der Waals surface area contributed by atoms with Crippen molar-refractivity contribution in [1.29, 1.82) is 0 Å². The van der Waals surface area contributed by atoms with E-state index in [0.29, 0.717) is 17.1 Å². The van der Waals surface area contributed by atoms with Gasteiger partial charge in [-0.25, -0.2) is 9.37 Å². The van der Waals surface area contributed by atoms with Crippen molar-refractivity contribution < 1.29 is 4.39 Å². The predicted octanol–water partition coefficient (Wildman–Crippen LogP) is 2.70. The highest BCUT2D eigenvalue weighted by Gasteiger charge is 2.09. The maximum Gasteiger partial charge on any atom is 0.251 e. The Balaban J connectivity index is 2.60. The van der Waals surface area contributed by atoms with E-state index in [-0.39, 0.29) is 17.3 Å². The standard InChI is InChI=1S/C13H13FN2O/c1-8(2)13-15-11(7-12(17)16-13)9-5-3-4-6-10(9)14/h3-8H,1-2H3,(H,15,16,17). The summed E-state index contributed by atoms with van der Waals surface area (Å²) in [6.45, 7) is 3.84. The van der Waals surface area contributed by atoms with Crippen LogP contribution in [-0.4, -0.2) is 9.97 Å². The molecule has 0 aliphatic rings. The van der Waals surface area contributed by atoms with Crippen molar-refractivity contribution in [3.8, 4) is 11.3 Å². The molecule has 1 N–H and O–H groups in total. The zero-order valence-electron chi connectivity index (χ0n) is 9.70. The molecule has 0 amide bonds. The summed E-state index contributed by atoms with van der Waals surface area (Å²) in [5, 5.41) is 0. The maximum atomic E-state index is 13.6. The quantitative estimate of drug-likeness (QED) is 0.865. The van der Waals surface area contributed by atoms with Crippen molar-refractivity contribution in [2.75, 3.05) is 0 Å². The fourth-order valence-electron chi connectivity index (χ4n) is 1.56. The lowest BCUT2D eigenvalue weighted by atomic mass is 10.1. The van der Waals surface area contributed by atoms with Crippen LogP contribution in [0, 0.1) is 5.82 Å². The molecule has 4 heteroatoms. The second-order valence-electron chi connectivity index (χ2n) is 4.15. The number of nitrogens with one attached hydrogen (secondary N) is 1. The van der Waals surface area contributed by atoms with E-state index in [9.17, 15) is 9.18 Å². The van der Waals surface area contributed by atoms with Gasteiger partial charge in [0, 0.05) is 17.5 Å². The first-order valence-corrected chi connectivity index (χ1v) is 5.44. The van der Waals surface area contributed by atoms with Gasteiger partial charge in [0.2, 0.25) is 0 Å². The number of rotatable bonds is 2. The third-order valence-corrected chi connectivity index (χ3v) is 2.46. The fraction of sp³-hybridized carbons (Fsp3) is 0.231. The van der Waals surface area contributed by atoms with Gasteiger partial charge in [-0.15, -0.1) is 0 Å². The SMILES string of the molecule is CC(C)c1nc(-c2ccccc2F)cc(=O)[nH]1. The molecule has 0 fully saturated rings. The highest BCUT2D eigenvalue weighted by molar-refractivity contribution is 5.59. The van der Waals surface area contributed by atoms with Gasteiger partial charge in [-0.3, -0.25) is 4.79 Å². The smallest absolute Gasteiger partial charge is 0.251 e. The lowest BCUT2D eigenvalue weighted by Crippen LogP contribution is -2.12. The van der Waals surface area contributed by atoms with E-state index >= 15 is 0 Å². The van der Waals surface area contributed by atoms with Gasteiger partial charge in [0.05, 0.1) is 5.69 Å². The minimum atomic E-state index is -0.375. The molecule has 17 heavy (non-hydrogen) atoms. The van der Waals surface area contributed by atoms with E-state index in [0.717, 1.165) is 0 Å². The molecule has 1 aromatic heterocycles. The summed E-state index contributed by atoms with van der Waals surface area (Å²) < 4.78 is 13.6. The average molecular weight is 232 g/mol. The predicted molar refractivity (Wildman–Crippen MR) is 64.3 cm³/mol. The number of halogens is 1. The minimum absolute atomic E-state index is 0.0921. The van der Waals surface area contributed by atoms with Gasteiger partial charge in [-0.2, -0.15) is 0 Å². The summed E-state index contributed by atoms with van der Waals surface area (Å²) in [7, 11) is 0. The molecule has 0 aliphatic heterocycles. The second-order valence-corrected chi connectivity index (χ2v) is 4.15. The highest BCUT2D eigenvalue weighted by atomic mass is 19.1. The van der Waals surface area contributed by atoms with Crippen LogP contribution in [0.3, 0.4) is 0 Å². The molecule has 0 radical (unpaired) electrons. The summed E-state index contributed by atoms with van der Waals surface area (Å²) in [5.41, 5.74) is 0.456. The Morgan fingerprint density at radius 3 is 2.65 bits per heavy atom. The summed E-state index contributed by atoms with van der Waals surface area (Å²) >= 11 is 0. The molecule has 2 rings (SSSR count). The van der Waals surface area contributed by atoms with Gasteiger partial charge in [-0.05, 0) is 12.1 Å². The van der Waals surface area contributed by atoms with E-state index < -0.39 is 0 Å². The molecule has 1 aromatic carbocycles. The molecule has 0 unspecified atom stereocenters. The Morgan fingerprint density at radius 2 is 2.00 bits per heavy atom. The van der Waals surface area contributed by atoms with Crippen LogP contribution in [0.2, 0.25) is 0 Å². The lowest BCUT2D eigenvalue weighted by molar-refractivity contribution is 0.630. The molecule has 0 aliphatic carbocycles. The largest absolute Gasteiger partial charge is 0.310 e. The van der Waals surface area contributed by atoms with Crippen LogP contribution < -0.4 is 5.56 Å². The Bertz CT molecular complexity index is 590. The third-order valence-electron chi connectivity index (χ3n) is 2.46. The highest BCUT2D eigenvalue weighted by Crippen LogP contribution is 2.20. The monoisotopic (exact) mass is 232 g/mol. The number of benzene rings is 1. The summed E-state index contributed by atoms with van der Waals surface area (Å²) in [6.07, 6.45) is 0. The van der Waals surface area contributed by atoms with Crippen molar-refractivity contribution in [1.82, 2.24) is 9.97 Å². The first kappa shape index (κ1) is 11.5. The number of nitrogens with zero attached hydrogens (tertiary/aromatic N) is 1. The molecule has 88 valence electrons. The fourth-order valence-corrected chi connectivity index (χ4v) is 1.56. The first-order valence-electron chi connectivity index (χ1n) is 5.44. The molecule has 3 nitrogen and oxygen atoms in total. The molecule has 1 heterocycles. The van der Waals surface area contributed by atoms with Crippen molar-refractivity contribution >= 4 is 0 Å². The number of aromatic amines is 1. The van der Waals surface area contributed by atoms with Crippen molar-refractivity contribution in [3.63, 3.8) is 0 Å². The molecular weight excluding hydrogens is 219 g/mol. The number of aromatic nitrogens is 2. The third kappa shape index (κ3) is 2.41. The van der Waals surface area contributed by atoms with Crippen LogP contribution in [0.5, 0.6) is 0 Å². The first-order chi connectivity index (χ1) is 8.08. The van der Waals surface area contributed by atoms with Crippen LogP contribution in [0.4, 0.5) is 4.39 Å². The van der Waals surface area contributed by atoms with Crippen LogP contribution in [0.15, 0.2) is 35.1 Å².